The Morgan fingerprint density at radius 2 is 2.41 bits per heavy atom. The Hall–Kier alpha value is -1.89. The van der Waals surface area contributed by atoms with Crippen molar-refractivity contribution < 1.29 is 4.74 Å². The van der Waals surface area contributed by atoms with Crippen LogP contribution < -0.4 is 15.7 Å². The molecule has 0 spiro atoms. The fourth-order valence-corrected chi connectivity index (χ4v) is 1.55. The molecule has 0 aliphatic rings. The molecule has 0 aliphatic carbocycles. The summed E-state index contributed by atoms with van der Waals surface area (Å²) >= 11 is 0. The van der Waals surface area contributed by atoms with Crippen LogP contribution in [0.5, 0.6) is 5.88 Å². The van der Waals surface area contributed by atoms with Crippen molar-refractivity contribution in [1.29, 1.82) is 0 Å². The molecule has 0 saturated carbocycles. The first-order chi connectivity index (χ1) is 8.22. The Kier molecular flexibility index (Phi) is 3.38. The zero-order chi connectivity index (χ0) is 12.3. The van der Waals surface area contributed by atoms with Gasteiger partial charge < -0.3 is 10.1 Å². The Morgan fingerprint density at radius 3 is 3.18 bits per heavy atom. The summed E-state index contributed by atoms with van der Waals surface area (Å²) in [6.45, 7) is 5.97. The minimum Gasteiger partial charge on any atom is -0.476 e. The highest BCUT2D eigenvalue weighted by molar-refractivity contribution is 5.40. The maximum atomic E-state index is 11.4. The monoisotopic (exact) mass is 237 g/mol. The number of aromatic amines is 1. The van der Waals surface area contributed by atoms with E-state index in [0.29, 0.717) is 24.0 Å². The third-order valence-electron chi connectivity index (χ3n) is 2.33. The highest BCUT2D eigenvalue weighted by Crippen LogP contribution is 2.09. The van der Waals surface area contributed by atoms with Crippen LogP contribution in [0.2, 0.25) is 0 Å². The van der Waals surface area contributed by atoms with E-state index in [1.165, 1.54) is 4.40 Å². The molecule has 0 aliphatic heterocycles. The smallest absolute Gasteiger partial charge is 0.349 e. The molecule has 2 aromatic heterocycles. The van der Waals surface area contributed by atoms with Gasteiger partial charge in [-0.25, -0.2) is 14.3 Å². The van der Waals surface area contributed by atoms with E-state index in [1.807, 2.05) is 6.92 Å². The standard InChI is InChI=1S/C10H15N5O2/c1-3-11-4-5-17-9-6-8-13-14-10(16)15(8)7(2)12-9/h6,11H,3-5H2,1-2H3,(H,14,16). The number of aryl methyl sites for hydroxylation is 1. The maximum absolute atomic E-state index is 11.4. The quantitative estimate of drug-likeness (QED) is 0.698. The second-order valence-corrected chi connectivity index (χ2v) is 3.57. The van der Waals surface area contributed by atoms with Crippen LogP contribution in [0.15, 0.2) is 10.9 Å². The lowest BCUT2D eigenvalue weighted by Crippen LogP contribution is -2.21. The van der Waals surface area contributed by atoms with Gasteiger partial charge in [-0.2, -0.15) is 10.1 Å². The average Bonchev–Trinajstić information content (AvgIpc) is 2.67. The van der Waals surface area contributed by atoms with Crippen molar-refractivity contribution >= 4 is 5.65 Å². The summed E-state index contributed by atoms with van der Waals surface area (Å²) in [6.07, 6.45) is 0. The van der Waals surface area contributed by atoms with Crippen LogP contribution in [0.25, 0.3) is 5.65 Å². The number of rotatable bonds is 5. The van der Waals surface area contributed by atoms with Crippen LogP contribution in [0.3, 0.4) is 0 Å². The first-order valence-electron chi connectivity index (χ1n) is 5.50. The van der Waals surface area contributed by atoms with Crippen LogP contribution >= 0.6 is 0 Å². The number of ether oxygens (including phenoxy) is 1. The van der Waals surface area contributed by atoms with Gasteiger partial charge in [0, 0.05) is 12.6 Å². The summed E-state index contributed by atoms with van der Waals surface area (Å²) < 4.78 is 6.86. The van der Waals surface area contributed by atoms with Gasteiger partial charge in [0.2, 0.25) is 5.88 Å². The molecule has 2 heterocycles. The second kappa shape index (κ2) is 4.96. The summed E-state index contributed by atoms with van der Waals surface area (Å²) in [6, 6.07) is 1.64. The molecular weight excluding hydrogens is 222 g/mol. The van der Waals surface area contributed by atoms with E-state index < -0.39 is 0 Å². The lowest BCUT2D eigenvalue weighted by atomic mass is 10.5. The van der Waals surface area contributed by atoms with Gasteiger partial charge in [-0.3, -0.25) is 0 Å². The largest absolute Gasteiger partial charge is 0.476 e. The predicted octanol–water partition coefficient (Wildman–Crippen LogP) is -0.286. The summed E-state index contributed by atoms with van der Waals surface area (Å²) in [4.78, 5) is 15.5. The fourth-order valence-electron chi connectivity index (χ4n) is 1.55. The molecule has 0 atom stereocenters. The Labute approximate surface area is 97.8 Å². The number of fused-ring (bicyclic) bond motifs is 1. The van der Waals surface area contributed by atoms with Crippen LogP contribution in [0.4, 0.5) is 0 Å². The van der Waals surface area contributed by atoms with Crippen LogP contribution in [0.1, 0.15) is 12.7 Å². The molecule has 0 radical (unpaired) electrons. The average molecular weight is 237 g/mol. The van der Waals surface area contributed by atoms with Gasteiger partial charge in [-0.15, -0.1) is 0 Å². The number of nitrogens with zero attached hydrogens (tertiary/aromatic N) is 3. The van der Waals surface area contributed by atoms with E-state index in [0.717, 1.165) is 13.1 Å². The van der Waals surface area contributed by atoms with Gasteiger partial charge in [0.1, 0.15) is 12.4 Å². The van der Waals surface area contributed by atoms with Gasteiger partial charge in [0.15, 0.2) is 5.65 Å². The number of hydrogen-bond acceptors (Lipinski definition) is 5. The summed E-state index contributed by atoms with van der Waals surface area (Å²) in [5.74, 6) is 1.03. The van der Waals surface area contributed by atoms with E-state index in [2.05, 4.69) is 20.5 Å². The minimum atomic E-state index is -0.288. The van der Waals surface area contributed by atoms with Gasteiger partial charge in [0.25, 0.3) is 0 Å². The van der Waals surface area contributed by atoms with Gasteiger partial charge in [0.05, 0.1) is 0 Å². The van der Waals surface area contributed by atoms with Crippen molar-refractivity contribution in [2.24, 2.45) is 0 Å². The molecule has 17 heavy (non-hydrogen) atoms. The number of aromatic nitrogens is 4. The summed E-state index contributed by atoms with van der Waals surface area (Å²) in [5.41, 5.74) is 0.227. The Morgan fingerprint density at radius 1 is 1.59 bits per heavy atom. The van der Waals surface area contributed by atoms with E-state index >= 15 is 0 Å². The lowest BCUT2D eigenvalue weighted by molar-refractivity contribution is 0.302. The number of hydrogen-bond donors (Lipinski definition) is 2. The minimum absolute atomic E-state index is 0.288. The van der Waals surface area contributed by atoms with E-state index in [4.69, 9.17) is 4.74 Å². The maximum Gasteiger partial charge on any atom is 0.349 e. The van der Waals surface area contributed by atoms with E-state index in [9.17, 15) is 4.79 Å². The van der Waals surface area contributed by atoms with Gasteiger partial charge in [-0.05, 0) is 13.5 Å². The molecule has 0 unspecified atom stereocenters. The van der Waals surface area contributed by atoms with Gasteiger partial charge >= 0.3 is 5.69 Å². The molecule has 0 saturated heterocycles. The number of likely N-dealkylation sites (N-methyl/N-ethyl adjacent to an activating group) is 1. The predicted molar refractivity (Wildman–Crippen MR) is 62.4 cm³/mol. The molecule has 92 valence electrons. The van der Waals surface area contributed by atoms with Crippen molar-refractivity contribution in [3.05, 3.63) is 22.4 Å². The van der Waals surface area contributed by atoms with Crippen LogP contribution in [-0.2, 0) is 0 Å². The van der Waals surface area contributed by atoms with Crippen LogP contribution in [-0.4, -0.2) is 39.3 Å². The summed E-state index contributed by atoms with van der Waals surface area (Å²) in [5, 5.41) is 9.39. The third-order valence-corrected chi connectivity index (χ3v) is 2.33. The van der Waals surface area contributed by atoms with E-state index in [-0.39, 0.29) is 5.69 Å². The molecule has 0 bridgehead atoms. The topological polar surface area (TPSA) is 84.3 Å². The van der Waals surface area contributed by atoms with Crippen molar-refractivity contribution in [2.75, 3.05) is 19.7 Å². The van der Waals surface area contributed by atoms with E-state index in [1.54, 1.807) is 13.0 Å². The third kappa shape index (κ3) is 2.44. The number of nitrogens with one attached hydrogen (secondary N) is 2. The molecule has 0 fully saturated rings. The molecule has 2 aromatic rings. The molecule has 7 nitrogen and oxygen atoms in total. The van der Waals surface area contributed by atoms with Crippen molar-refractivity contribution in [2.45, 2.75) is 13.8 Å². The molecule has 7 heteroatoms. The molecule has 0 amide bonds. The Bertz CT molecular complexity index is 559. The lowest BCUT2D eigenvalue weighted by Gasteiger charge is -2.06. The van der Waals surface area contributed by atoms with Gasteiger partial charge in [-0.1, -0.05) is 6.92 Å². The zero-order valence-electron chi connectivity index (χ0n) is 9.86. The SMILES string of the molecule is CCNCCOc1cc2n[nH]c(=O)n2c(C)n1. The van der Waals surface area contributed by atoms with Crippen LogP contribution in [0, 0.1) is 6.92 Å². The molecule has 0 aromatic carbocycles. The molecule has 2 rings (SSSR count). The van der Waals surface area contributed by atoms with Crippen molar-refractivity contribution in [3.8, 4) is 5.88 Å². The van der Waals surface area contributed by atoms with Crippen molar-refractivity contribution in [3.63, 3.8) is 0 Å². The Balaban J connectivity index is 2.16. The fraction of sp³-hybridized carbons (Fsp3) is 0.500. The molecule has 2 N–H and O–H groups in total. The highest BCUT2D eigenvalue weighted by Gasteiger charge is 2.07. The first kappa shape index (κ1) is 11.6. The first-order valence-corrected chi connectivity index (χ1v) is 5.50. The summed E-state index contributed by atoms with van der Waals surface area (Å²) in [7, 11) is 0. The zero-order valence-corrected chi connectivity index (χ0v) is 9.86. The second-order valence-electron chi connectivity index (χ2n) is 3.57. The number of H-pyrrole nitrogens is 1. The normalized spacial score (nSPS) is 10.9. The molecular formula is C10H15N5O2. The highest BCUT2D eigenvalue weighted by atomic mass is 16.5. The van der Waals surface area contributed by atoms with Crippen molar-refractivity contribution in [1.82, 2.24) is 24.9 Å².